The maximum absolute atomic E-state index is 12.7. The average Bonchev–Trinajstić information content (AvgIpc) is 2.65. The molecule has 1 amide bonds. The number of carbonyl (C=O) groups excluding carboxylic acids is 1. The normalized spacial score (nSPS) is 16.7. The van der Waals surface area contributed by atoms with E-state index in [9.17, 15) is 4.79 Å². The highest BCUT2D eigenvalue weighted by molar-refractivity contribution is 5.95. The number of hydrogen-bond donors (Lipinski definition) is 1. The Labute approximate surface area is 170 Å². The second-order valence-corrected chi connectivity index (χ2v) is 7.25. The Morgan fingerprint density at radius 3 is 2.28 bits per heavy atom. The molecule has 2 aliphatic heterocycles. The first kappa shape index (κ1) is 19.4. The summed E-state index contributed by atoms with van der Waals surface area (Å²) in [5, 5.41) is 3.18. The van der Waals surface area contributed by atoms with Crippen molar-refractivity contribution in [3.63, 3.8) is 0 Å². The topological polar surface area (TPSA) is 85.8 Å². The Morgan fingerprint density at radius 1 is 1.14 bits per heavy atom. The number of nitrogens with zero attached hydrogens (tertiary/aromatic N) is 3. The second-order valence-electron chi connectivity index (χ2n) is 7.25. The maximum atomic E-state index is 12.7. The number of hydrogen-bond acceptors (Lipinski definition) is 7. The van der Waals surface area contributed by atoms with Crippen LogP contribution < -0.4 is 14.8 Å². The molecular weight excluding hydrogens is 372 g/mol. The lowest BCUT2D eigenvalue weighted by Gasteiger charge is -2.57. The molecule has 2 fully saturated rings. The summed E-state index contributed by atoms with van der Waals surface area (Å²) in [6.07, 6.45) is 4.15. The molecule has 29 heavy (non-hydrogen) atoms. The Bertz CT molecular complexity index is 838. The standard InChI is InChI=1S/C21H26N4O4/c1-3-28-17-7-15(8-18(9-17)29-4-2)10-22-20-23-11-16(12-24-20)19(26)25-6-5-21(25)13-27-14-21/h7-9,11-12H,3-6,10,13-14H2,1-2H3,(H,22,23,24). The fourth-order valence-corrected chi connectivity index (χ4v) is 3.59. The molecule has 0 bridgehead atoms. The molecule has 2 aliphatic rings. The molecular formula is C21H26N4O4. The summed E-state index contributed by atoms with van der Waals surface area (Å²) in [5.74, 6) is 1.96. The summed E-state index contributed by atoms with van der Waals surface area (Å²) >= 11 is 0. The maximum Gasteiger partial charge on any atom is 0.257 e. The van der Waals surface area contributed by atoms with E-state index in [0.717, 1.165) is 30.0 Å². The molecule has 2 saturated heterocycles. The number of aromatic nitrogens is 2. The van der Waals surface area contributed by atoms with Crippen LogP contribution in [0.4, 0.5) is 5.95 Å². The van der Waals surface area contributed by atoms with Crippen molar-refractivity contribution in [3.05, 3.63) is 41.7 Å². The van der Waals surface area contributed by atoms with Crippen LogP contribution in [0, 0.1) is 0 Å². The van der Waals surface area contributed by atoms with Crippen LogP contribution in [0.1, 0.15) is 36.2 Å². The lowest BCUT2D eigenvalue weighted by atomic mass is 9.82. The molecule has 3 heterocycles. The van der Waals surface area contributed by atoms with Crippen LogP contribution in [0.15, 0.2) is 30.6 Å². The third kappa shape index (κ3) is 3.98. The van der Waals surface area contributed by atoms with Crippen molar-refractivity contribution in [1.29, 1.82) is 0 Å². The van der Waals surface area contributed by atoms with Gasteiger partial charge in [0, 0.05) is 31.5 Å². The van der Waals surface area contributed by atoms with E-state index < -0.39 is 0 Å². The Hall–Kier alpha value is -2.87. The summed E-state index contributed by atoms with van der Waals surface area (Å²) in [6, 6.07) is 5.80. The number of rotatable bonds is 8. The number of anilines is 1. The molecule has 1 aromatic heterocycles. The van der Waals surface area contributed by atoms with Gasteiger partial charge in [-0.2, -0.15) is 0 Å². The molecule has 4 rings (SSSR count). The van der Waals surface area contributed by atoms with Gasteiger partial charge in [-0.15, -0.1) is 0 Å². The van der Waals surface area contributed by atoms with E-state index in [1.54, 1.807) is 12.4 Å². The molecule has 0 aliphatic carbocycles. The third-order valence-electron chi connectivity index (χ3n) is 5.27. The Morgan fingerprint density at radius 2 is 1.79 bits per heavy atom. The van der Waals surface area contributed by atoms with Crippen molar-refractivity contribution in [2.75, 3.05) is 38.3 Å². The van der Waals surface area contributed by atoms with Gasteiger partial charge in [-0.05, 0) is 38.0 Å². The van der Waals surface area contributed by atoms with Gasteiger partial charge in [0.2, 0.25) is 5.95 Å². The smallest absolute Gasteiger partial charge is 0.257 e. The lowest BCUT2D eigenvalue weighted by molar-refractivity contribution is -0.172. The van der Waals surface area contributed by atoms with Crippen molar-refractivity contribution >= 4 is 11.9 Å². The molecule has 154 valence electrons. The van der Waals surface area contributed by atoms with E-state index in [2.05, 4.69) is 15.3 Å². The molecule has 8 nitrogen and oxygen atoms in total. The molecule has 0 unspecified atom stereocenters. The van der Waals surface area contributed by atoms with Crippen LogP contribution in [0.2, 0.25) is 0 Å². The van der Waals surface area contributed by atoms with Crippen LogP contribution in [-0.2, 0) is 11.3 Å². The predicted octanol–water partition coefficient (Wildman–Crippen LogP) is 2.50. The molecule has 0 radical (unpaired) electrons. The number of ether oxygens (including phenoxy) is 3. The first-order valence-electron chi connectivity index (χ1n) is 9.99. The molecule has 1 N–H and O–H groups in total. The fourth-order valence-electron chi connectivity index (χ4n) is 3.59. The molecule has 1 spiro atoms. The minimum atomic E-state index is -0.0855. The molecule has 0 atom stereocenters. The summed E-state index contributed by atoms with van der Waals surface area (Å²) < 4.78 is 16.5. The molecule has 0 saturated carbocycles. The zero-order chi connectivity index (χ0) is 20.3. The van der Waals surface area contributed by atoms with Crippen molar-refractivity contribution < 1.29 is 19.0 Å². The average molecular weight is 398 g/mol. The van der Waals surface area contributed by atoms with Gasteiger partial charge in [-0.25, -0.2) is 9.97 Å². The van der Waals surface area contributed by atoms with Crippen molar-refractivity contribution in [2.45, 2.75) is 32.4 Å². The van der Waals surface area contributed by atoms with E-state index in [4.69, 9.17) is 14.2 Å². The summed E-state index contributed by atoms with van der Waals surface area (Å²) in [5.41, 5.74) is 1.41. The summed E-state index contributed by atoms with van der Waals surface area (Å²) in [6.45, 7) is 7.61. The van der Waals surface area contributed by atoms with Crippen LogP contribution in [-0.4, -0.2) is 59.3 Å². The Kier molecular flexibility index (Phi) is 5.53. The van der Waals surface area contributed by atoms with Gasteiger partial charge in [0.1, 0.15) is 11.5 Å². The fraction of sp³-hybridized carbons (Fsp3) is 0.476. The quantitative estimate of drug-likeness (QED) is 0.731. The van der Waals surface area contributed by atoms with Gasteiger partial charge in [-0.1, -0.05) is 0 Å². The lowest BCUT2D eigenvalue weighted by Crippen LogP contribution is -2.72. The second kappa shape index (κ2) is 8.24. The largest absolute Gasteiger partial charge is 0.494 e. The Balaban J connectivity index is 1.38. The minimum absolute atomic E-state index is 0.0307. The van der Waals surface area contributed by atoms with Crippen molar-refractivity contribution in [3.8, 4) is 11.5 Å². The highest BCUT2D eigenvalue weighted by atomic mass is 16.5. The molecule has 2 aromatic rings. The first-order chi connectivity index (χ1) is 14.1. The van der Waals surface area contributed by atoms with Crippen LogP contribution in [0.3, 0.4) is 0 Å². The highest BCUT2D eigenvalue weighted by Gasteiger charge is 2.53. The van der Waals surface area contributed by atoms with E-state index in [1.807, 2.05) is 36.9 Å². The van der Waals surface area contributed by atoms with Gasteiger partial charge in [-0.3, -0.25) is 4.79 Å². The molecule has 8 heteroatoms. The first-order valence-corrected chi connectivity index (χ1v) is 9.99. The third-order valence-corrected chi connectivity index (χ3v) is 5.27. The van der Waals surface area contributed by atoms with E-state index in [0.29, 0.717) is 44.5 Å². The minimum Gasteiger partial charge on any atom is -0.494 e. The van der Waals surface area contributed by atoms with Gasteiger partial charge in [0.05, 0.1) is 37.5 Å². The van der Waals surface area contributed by atoms with Crippen LogP contribution in [0.25, 0.3) is 0 Å². The van der Waals surface area contributed by atoms with Crippen molar-refractivity contribution in [2.24, 2.45) is 0 Å². The summed E-state index contributed by atoms with van der Waals surface area (Å²) in [4.78, 5) is 23.1. The van der Waals surface area contributed by atoms with Gasteiger partial charge in [0.25, 0.3) is 5.91 Å². The van der Waals surface area contributed by atoms with E-state index in [1.165, 1.54) is 0 Å². The van der Waals surface area contributed by atoms with Crippen molar-refractivity contribution in [1.82, 2.24) is 14.9 Å². The zero-order valence-corrected chi connectivity index (χ0v) is 16.8. The molecule has 1 aromatic carbocycles. The van der Waals surface area contributed by atoms with E-state index >= 15 is 0 Å². The zero-order valence-electron chi connectivity index (χ0n) is 16.8. The number of likely N-dealkylation sites (tertiary alicyclic amines) is 1. The van der Waals surface area contributed by atoms with E-state index in [-0.39, 0.29) is 11.4 Å². The predicted molar refractivity (Wildman–Crippen MR) is 107 cm³/mol. The van der Waals surface area contributed by atoms with Gasteiger partial charge >= 0.3 is 0 Å². The SMILES string of the molecule is CCOc1cc(CNc2ncc(C(=O)N3CCC34COC4)cn2)cc(OCC)c1. The number of benzene rings is 1. The number of nitrogens with one attached hydrogen (secondary N) is 1. The number of carbonyl (C=O) groups is 1. The van der Waals surface area contributed by atoms with Crippen LogP contribution >= 0.6 is 0 Å². The van der Waals surface area contributed by atoms with Gasteiger partial charge in [0.15, 0.2) is 0 Å². The number of amides is 1. The monoisotopic (exact) mass is 398 g/mol. The van der Waals surface area contributed by atoms with Gasteiger partial charge < -0.3 is 24.4 Å². The highest BCUT2D eigenvalue weighted by Crippen LogP contribution is 2.38. The summed E-state index contributed by atoms with van der Waals surface area (Å²) in [7, 11) is 0. The van der Waals surface area contributed by atoms with Crippen LogP contribution in [0.5, 0.6) is 11.5 Å².